The molecule has 0 aromatic heterocycles. The van der Waals surface area contributed by atoms with Gasteiger partial charge >= 0.3 is 0 Å². The third-order valence-electron chi connectivity index (χ3n) is 8.76. The molecule has 0 aliphatic rings. The normalized spacial score (nSPS) is 12.1. The van der Waals surface area contributed by atoms with Gasteiger partial charge in [-0.3, -0.25) is 0 Å². The average molecular weight is 982 g/mol. The maximum atomic E-state index is 12.3. The fourth-order valence-electron chi connectivity index (χ4n) is 6.05. The van der Waals surface area contributed by atoms with Crippen LogP contribution in [-0.4, -0.2) is 59.3 Å². The fourth-order valence-corrected chi connectivity index (χ4v) is 8.05. The summed E-state index contributed by atoms with van der Waals surface area (Å²) >= 11 is 0. The predicted octanol–water partition coefficient (Wildman–Crippen LogP) is 7.76. The number of hydrogen-bond donors (Lipinski definition) is 5. The first kappa shape index (κ1) is 46.1. The number of phenolic OH excluding ortho intramolecular Hbond substituents is 4. The quantitative estimate of drug-likeness (QED) is 0.0497. The number of aromatic hydroxyl groups is 4. The van der Waals surface area contributed by atoms with Crippen LogP contribution in [0.3, 0.4) is 0 Å². The Morgan fingerprint density at radius 1 is 0.459 bits per heavy atom. The molecule has 0 aliphatic heterocycles. The molecule has 7 rings (SSSR count). The molecule has 0 saturated heterocycles. The van der Waals surface area contributed by atoms with Crippen LogP contribution in [-0.2, 0) is 64.5 Å². The van der Waals surface area contributed by atoms with Crippen LogP contribution in [0.4, 0.5) is 34.1 Å². The Labute approximate surface area is 367 Å². The van der Waals surface area contributed by atoms with Gasteiger partial charge in [0.05, 0.1) is 14.7 Å². The summed E-state index contributed by atoms with van der Waals surface area (Å²) < 4.78 is 109. The van der Waals surface area contributed by atoms with Crippen LogP contribution in [0.1, 0.15) is 0 Å². The van der Waals surface area contributed by atoms with Crippen molar-refractivity contribution in [3.05, 3.63) is 115 Å². The number of anilines is 2. The van der Waals surface area contributed by atoms with E-state index in [2.05, 4.69) is 25.8 Å². The Balaban J connectivity index is 0.00000352. The van der Waals surface area contributed by atoms with Crippen LogP contribution >= 0.6 is 0 Å². The van der Waals surface area contributed by atoms with Gasteiger partial charge in [0, 0.05) is 56.3 Å². The number of azo groups is 2. The second-order valence-electron chi connectivity index (χ2n) is 12.6. The molecule has 61 heavy (non-hydrogen) atoms. The van der Waals surface area contributed by atoms with Crippen LogP contribution in [0.15, 0.2) is 150 Å². The molecule has 0 fully saturated rings. The molecule has 23 heteroatoms. The van der Waals surface area contributed by atoms with Gasteiger partial charge in [0.25, 0.3) is 0 Å². The number of phenols is 4. The third kappa shape index (κ3) is 9.66. The Morgan fingerprint density at radius 2 is 0.967 bits per heavy atom. The van der Waals surface area contributed by atoms with Crippen molar-refractivity contribution < 1.29 is 93.5 Å². The van der Waals surface area contributed by atoms with E-state index in [1.54, 1.807) is 18.2 Å². The second-order valence-corrected chi connectivity index (χ2v) is 16.6. The molecule has 0 unspecified atom stereocenters. The molecule has 7 aromatic rings. The molecule has 0 heterocycles. The molecule has 0 aliphatic carbocycles. The topological polar surface area (TPSA) is 314 Å². The van der Waals surface area contributed by atoms with Gasteiger partial charge in [-0.15, -0.1) is 20.5 Å². The number of nitrogens with zero attached hydrogens (tertiary/aromatic N) is 4. The number of rotatable bonds is 10. The van der Waals surface area contributed by atoms with Crippen molar-refractivity contribution in [2.75, 3.05) is 5.32 Å². The largest absolute Gasteiger partial charge is 0.744 e. The van der Waals surface area contributed by atoms with Crippen molar-refractivity contribution in [2.45, 2.75) is 14.7 Å². The van der Waals surface area contributed by atoms with Gasteiger partial charge in [0.15, 0.2) is 11.5 Å². The van der Waals surface area contributed by atoms with Crippen molar-refractivity contribution in [3.63, 3.8) is 0 Å². The summed E-state index contributed by atoms with van der Waals surface area (Å²) in [6.07, 6.45) is 0. The molecule has 0 atom stereocenters. The maximum Gasteiger partial charge on any atom is 0.153 e. The minimum absolute atomic E-state index is 0. The molecular weight excluding hydrogens is 958 g/mol. The van der Waals surface area contributed by atoms with Gasteiger partial charge in [-0.25, -0.2) is 25.3 Å². The summed E-state index contributed by atoms with van der Waals surface area (Å²) in [6.45, 7) is 0. The minimum atomic E-state index is -5.36. The van der Waals surface area contributed by atoms with E-state index in [9.17, 15) is 59.3 Å². The first-order valence-corrected chi connectivity index (χ1v) is 20.8. The molecule has 322 valence electrons. The van der Waals surface area contributed by atoms with Crippen molar-refractivity contribution in [3.8, 4) is 34.1 Å². The van der Waals surface area contributed by atoms with Gasteiger partial charge in [-0.2, -0.15) is 0 Å². The van der Waals surface area contributed by atoms with Crippen molar-refractivity contribution in [1.29, 1.82) is 0 Å². The van der Waals surface area contributed by atoms with Crippen LogP contribution < -0.4 is 5.32 Å². The van der Waals surface area contributed by atoms with E-state index in [0.717, 1.165) is 36.0 Å². The zero-order chi connectivity index (χ0) is 42.4. The summed E-state index contributed by atoms with van der Waals surface area (Å²) in [5.41, 5.74) is -0.403. The monoisotopic (exact) mass is 980 g/mol. The first-order valence-electron chi connectivity index (χ1n) is 16.6. The smallest absolute Gasteiger partial charge is 0.153 e. The van der Waals surface area contributed by atoms with Gasteiger partial charge < -0.3 is 39.4 Å². The summed E-state index contributed by atoms with van der Waals surface area (Å²) in [5.74, 6) is -2.88. The zero-order valence-corrected chi connectivity index (χ0v) is 34.4. The van der Waals surface area contributed by atoms with E-state index < -0.39 is 84.8 Å². The number of hydrogen-bond acceptors (Lipinski definition) is 18. The molecule has 2 radical (unpaired) electrons. The SMILES string of the molecule is O=S(=O)([O-])c1cc2cc(Nc3ccccc3)ccc2c(O)c1N=Nc1ccc(-c2ccc(N=Nc3c(S(=O)(=O)[O-])cc4cccc(S(=O)(=O)[O-])c4c3O)c(O)c2)cc1O.[Cu].[Cu]. The van der Waals surface area contributed by atoms with E-state index in [1.807, 2.05) is 18.2 Å². The second kappa shape index (κ2) is 17.6. The van der Waals surface area contributed by atoms with E-state index in [1.165, 1.54) is 42.5 Å². The Kier molecular flexibility index (Phi) is 13.3. The fraction of sp³-hybridized carbons (Fsp3) is 0. The standard InChI is InChI=1S/C38H27N5O13S3.2Cu/c44-29-16-20(9-13-27(29)40-42-35-33(59(54,55)56)19-23-15-25(11-12-26(23)37(35)46)39-24-6-2-1-3-7-24)21-10-14-28(30(45)17-21)41-43-36-32(58(51,52)53)18-22-5-4-8-31(57(48,49)50)34(22)38(36)47;;/h1-19,39,44-47H,(H,48,49,50)(H,51,52,53)(H,54,55,56);;/p-3. The Morgan fingerprint density at radius 3 is 1.48 bits per heavy atom. The van der Waals surface area contributed by atoms with Gasteiger partial charge in [-0.1, -0.05) is 42.5 Å². The predicted molar refractivity (Wildman–Crippen MR) is 208 cm³/mol. The molecule has 18 nitrogen and oxygen atoms in total. The van der Waals surface area contributed by atoms with E-state index >= 15 is 0 Å². The van der Waals surface area contributed by atoms with E-state index in [4.69, 9.17) is 0 Å². The number of benzene rings is 7. The molecule has 0 bridgehead atoms. The van der Waals surface area contributed by atoms with E-state index in [-0.39, 0.29) is 72.8 Å². The van der Waals surface area contributed by atoms with Crippen molar-refractivity contribution in [1.82, 2.24) is 0 Å². The number of para-hydroxylation sites is 1. The van der Waals surface area contributed by atoms with Gasteiger partial charge in [0.2, 0.25) is 0 Å². The first-order chi connectivity index (χ1) is 27.8. The van der Waals surface area contributed by atoms with Crippen LogP contribution in [0.5, 0.6) is 23.0 Å². The van der Waals surface area contributed by atoms with Crippen LogP contribution in [0, 0.1) is 0 Å². The molecule has 0 spiro atoms. The summed E-state index contributed by atoms with van der Waals surface area (Å²) in [6, 6.07) is 26.2. The average Bonchev–Trinajstić information content (AvgIpc) is 3.17. The number of fused-ring (bicyclic) bond motifs is 2. The Bertz CT molecular complexity index is 3280. The molecular formula is C38H24Cu2N5O13S3-3. The minimum Gasteiger partial charge on any atom is -0.744 e. The molecule has 0 saturated carbocycles. The van der Waals surface area contributed by atoms with Crippen molar-refractivity contribution >= 4 is 86.0 Å². The Hall–Kier alpha value is -5.97. The van der Waals surface area contributed by atoms with Crippen LogP contribution in [0.2, 0.25) is 0 Å². The number of nitrogens with one attached hydrogen (secondary N) is 1. The summed E-state index contributed by atoms with van der Waals surface area (Å²) in [5, 5.41) is 61.1. The summed E-state index contributed by atoms with van der Waals surface area (Å²) in [7, 11) is -15.8. The van der Waals surface area contributed by atoms with Gasteiger partial charge in [0.1, 0.15) is 64.6 Å². The maximum absolute atomic E-state index is 12.3. The third-order valence-corrected chi connectivity index (χ3v) is 11.3. The van der Waals surface area contributed by atoms with Gasteiger partial charge in [-0.05, 0) is 94.7 Å². The summed E-state index contributed by atoms with van der Waals surface area (Å²) in [4.78, 5) is -2.88. The van der Waals surface area contributed by atoms with Crippen LogP contribution in [0.25, 0.3) is 32.7 Å². The molecule has 0 amide bonds. The zero-order valence-electron chi connectivity index (χ0n) is 30.0. The van der Waals surface area contributed by atoms with Crippen molar-refractivity contribution in [2.24, 2.45) is 20.5 Å². The molecule has 7 aromatic carbocycles. The molecule has 5 N–H and O–H groups in total. The van der Waals surface area contributed by atoms with E-state index in [0.29, 0.717) is 11.8 Å².